The number of Topliss-reactive ketones (excluding diaryl/α,β-unsaturated/α-hetero) is 1. The van der Waals surface area contributed by atoms with Gasteiger partial charge in [0, 0.05) is 17.3 Å². The van der Waals surface area contributed by atoms with Gasteiger partial charge in [-0.25, -0.2) is 0 Å². The SMILES string of the molecule is CC(C)[C@H]1C[C@@H]2[C@H](C)C(=O)[C@H]1C[C@@]2(C)/C(O)=C/[N+]#N. The molecule has 4 nitrogen and oxygen atoms in total. The van der Waals surface area contributed by atoms with Crippen molar-refractivity contribution in [1.29, 1.82) is 5.39 Å². The number of aliphatic hydroxyl groups is 1. The fraction of sp³-hybridized carbons (Fsp3) is 0.800. The molecule has 0 heterocycles. The second-order valence-corrected chi connectivity index (χ2v) is 6.80. The zero-order chi connectivity index (χ0) is 14.4. The van der Waals surface area contributed by atoms with Gasteiger partial charge in [-0.2, -0.15) is 0 Å². The second kappa shape index (κ2) is 4.63. The lowest BCUT2D eigenvalue weighted by Crippen LogP contribution is -2.55. The summed E-state index contributed by atoms with van der Waals surface area (Å²) in [4.78, 5) is 15.3. The number of diazo groups is 1. The van der Waals surface area contributed by atoms with Crippen LogP contribution >= 0.6 is 0 Å². The van der Waals surface area contributed by atoms with Gasteiger partial charge < -0.3 is 5.11 Å². The van der Waals surface area contributed by atoms with E-state index in [9.17, 15) is 9.90 Å². The lowest BCUT2D eigenvalue weighted by atomic mass is 9.47. The highest BCUT2D eigenvalue weighted by Gasteiger charge is 2.58. The van der Waals surface area contributed by atoms with E-state index >= 15 is 0 Å². The third kappa shape index (κ3) is 1.96. The molecule has 0 radical (unpaired) electrons. The van der Waals surface area contributed by atoms with E-state index in [1.807, 2.05) is 13.8 Å². The number of nitrogens with zero attached hydrogens (tertiary/aromatic N) is 2. The average molecular weight is 263 g/mol. The number of carbonyl (C=O) groups is 1. The van der Waals surface area contributed by atoms with Gasteiger partial charge in [0.15, 0.2) is 10.7 Å². The Hall–Kier alpha value is -1.37. The molecule has 0 spiro atoms. The summed E-state index contributed by atoms with van der Waals surface area (Å²) in [5, 5.41) is 18.8. The van der Waals surface area contributed by atoms with Crippen molar-refractivity contribution < 1.29 is 9.90 Å². The zero-order valence-electron chi connectivity index (χ0n) is 12.1. The van der Waals surface area contributed by atoms with Crippen molar-refractivity contribution in [2.75, 3.05) is 0 Å². The van der Waals surface area contributed by atoms with Gasteiger partial charge in [0.25, 0.3) is 0 Å². The minimum Gasteiger partial charge on any atom is -0.505 e. The van der Waals surface area contributed by atoms with E-state index in [-0.39, 0.29) is 23.5 Å². The van der Waals surface area contributed by atoms with E-state index in [4.69, 9.17) is 5.39 Å². The molecule has 1 N–H and O–H groups in total. The van der Waals surface area contributed by atoms with Crippen LogP contribution in [-0.2, 0) is 4.79 Å². The van der Waals surface area contributed by atoms with E-state index in [1.165, 1.54) is 0 Å². The summed E-state index contributed by atoms with van der Waals surface area (Å²) < 4.78 is 0. The van der Waals surface area contributed by atoms with Crippen LogP contribution in [0.1, 0.15) is 40.5 Å². The molecule has 104 valence electrons. The minimum absolute atomic E-state index is 0.0204. The van der Waals surface area contributed by atoms with E-state index in [2.05, 4.69) is 18.8 Å². The summed E-state index contributed by atoms with van der Waals surface area (Å²) in [5.74, 6) is 1.50. The molecule has 0 aromatic heterocycles. The van der Waals surface area contributed by atoms with Crippen LogP contribution in [0.15, 0.2) is 12.0 Å². The number of allylic oxidation sites excluding steroid dienone is 1. The molecule has 0 aromatic carbocycles. The van der Waals surface area contributed by atoms with E-state index in [0.29, 0.717) is 24.0 Å². The number of aliphatic hydroxyl groups excluding tert-OH is 1. The van der Waals surface area contributed by atoms with Crippen molar-refractivity contribution in [2.45, 2.75) is 40.5 Å². The number of fused-ring (bicyclic) bond motifs is 3. The number of ketones is 1. The Balaban J connectivity index is 2.39. The van der Waals surface area contributed by atoms with Crippen molar-refractivity contribution in [3.05, 3.63) is 16.9 Å². The summed E-state index contributed by atoms with van der Waals surface area (Å²) in [6.07, 6.45) is 2.75. The van der Waals surface area contributed by atoms with Gasteiger partial charge in [-0.05, 0) is 30.6 Å². The van der Waals surface area contributed by atoms with Crippen LogP contribution in [-0.4, -0.2) is 10.9 Å². The topological polar surface area (TPSA) is 65.4 Å². The first-order valence-corrected chi connectivity index (χ1v) is 7.10. The molecule has 0 amide bonds. The number of carbonyl (C=O) groups excluding carboxylic acids is 1. The maximum atomic E-state index is 12.4. The van der Waals surface area contributed by atoms with Crippen molar-refractivity contribution in [3.63, 3.8) is 0 Å². The summed E-state index contributed by atoms with van der Waals surface area (Å²) in [5.41, 5.74) is -0.435. The Bertz CT molecular complexity index is 463. The Labute approximate surface area is 114 Å². The number of rotatable bonds is 2. The third-order valence-corrected chi connectivity index (χ3v) is 5.54. The van der Waals surface area contributed by atoms with Crippen LogP contribution in [0.25, 0.3) is 4.98 Å². The maximum absolute atomic E-state index is 12.4. The largest absolute Gasteiger partial charge is 0.505 e. The fourth-order valence-electron chi connectivity index (χ4n) is 4.31. The van der Waals surface area contributed by atoms with Crippen molar-refractivity contribution in [3.8, 4) is 0 Å². The highest BCUT2D eigenvalue weighted by molar-refractivity contribution is 5.86. The van der Waals surface area contributed by atoms with Gasteiger partial charge in [-0.3, -0.25) is 4.79 Å². The Morgan fingerprint density at radius 3 is 2.74 bits per heavy atom. The van der Waals surface area contributed by atoms with Crippen LogP contribution in [0, 0.1) is 40.4 Å². The molecule has 0 saturated heterocycles. The smallest absolute Gasteiger partial charge is 0.387 e. The average Bonchev–Trinajstić information content (AvgIpc) is 2.35. The molecule has 2 bridgehead atoms. The predicted molar refractivity (Wildman–Crippen MR) is 72.6 cm³/mol. The number of hydrogen-bond acceptors (Lipinski definition) is 3. The molecule has 3 saturated carbocycles. The van der Waals surface area contributed by atoms with Crippen LogP contribution in [0.3, 0.4) is 0 Å². The summed E-state index contributed by atoms with van der Waals surface area (Å²) in [6.45, 7) is 8.29. The first-order valence-electron chi connectivity index (χ1n) is 7.10. The van der Waals surface area contributed by atoms with Gasteiger partial charge in [0.2, 0.25) is 5.39 Å². The highest BCUT2D eigenvalue weighted by atomic mass is 16.3. The molecular weight excluding hydrogens is 240 g/mol. The molecule has 3 rings (SSSR count). The fourth-order valence-corrected chi connectivity index (χ4v) is 4.31. The van der Waals surface area contributed by atoms with E-state index in [0.717, 1.165) is 12.6 Å². The summed E-state index contributed by atoms with van der Waals surface area (Å²) >= 11 is 0. The first kappa shape index (κ1) is 14.0. The molecule has 4 heteroatoms. The lowest BCUT2D eigenvalue weighted by Gasteiger charge is -2.55. The van der Waals surface area contributed by atoms with Gasteiger partial charge in [0.05, 0.1) is 0 Å². The summed E-state index contributed by atoms with van der Waals surface area (Å²) in [6, 6.07) is 0. The molecule has 3 aliphatic carbocycles. The molecule has 0 aromatic rings. The molecule has 0 aliphatic heterocycles. The maximum Gasteiger partial charge on any atom is 0.387 e. The molecule has 0 unspecified atom stereocenters. The normalized spacial score (nSPS) is 42.5. The summed E-state index contributed by atoms with van der Waals surface area (Å²) in [7, 11) is 0. The van der Waals surface area contributed by atoms with Crippen LogP contribution in [0.4, 0.5) is 0 Å². The Morgan fingerprint density at radius 2 is 2.21 bits per heavy atom. The highest BCUT2D eigenvalue weighted by Crippen LogP contribution is 2.59. The molecule has 3 aliphatic rings. The second-order valence-electron chi connectivity index (χ2n) is 6.80. The van der Waals surface area contributed by atoms with Gasteiger partial charge in [-0.15, -0.1) is 0 Å². The third-order valence-electron chi connectivity index (χ3n) is 5.54. The van der Waals surface area contributed by atoms with Crippen molar-refractivity contribution in [2.24, 2.45) is 35.0 Å². The predicted octanol–water partition coefficient (Wildman–Crippen LogP) is 3.76. The molecular formula is C15H23N2O2+. The monoisotopic (exact) mass is 263 g/mol. The van der Waals surface area contributed by atoms with Crippen LogP contribution in [0.5, 0.6) is 0 Å². The quantitative estimate of drug-likeness (QED) is 0.609. The Kier molecular flexibility index (Phi) is 3.42. The zero-order valence-corrected chi connectivity index (χ0v) is 12.1. The molecule has 19 heavy (non-hydrogen) atoms. The van der Waals surface area contributed by atoms with Crippen molar-refractivity contribution >= 4 is 5.78 Å². The van der Waals surface area contributed by atoms with E-state index < -0.39 is 5.41 Å². The Morgan fingerprint density at radius 1 is 1.58 bits per heavy atom. The van der Waals surface area contributed by atoms with Crippen LogP contribution < -0.4 is 0 Å². The first-order chi connectivity index (χ1) is 8.82. The lowest BCUT2D eigenvalue weighted by molar-refractivity contribution is -0.151. The van der Waals surface area contributed by atoms with Gasteiger partial charge in [0.1, 0.15) is 5.78 Å². The molecule has 3 fully saturated rings. The van der Waals surface area contributed by atoms with E-state index in [1.54, 1.807) is 0 Å². The van der Waals surface area contributed by atoms with Crippen molar-refractivity contribution in [1.82, 2.24) is 0 Å². The van der Waals surface area contributed by atoms with Gasteiger partial charge in [-0.1, -0.05) is 27.7 Å². The standard InChI is InChI=1S/C15H22N2O2/c1-8(2)10-5-12-9(3)14(19)11(10)6-15(12,4)13(18)7-17-16/h7-12H,5-6H2,1-4H3/p+1/b13-7-/t9-,10+,11-,12+,15+/m0/s1. The number of hydrogen-bond donors (Lipinski definition) is 1. The van der Waals surface area contributed by atoms with Crippen LogP contribution in [0.2, 0.25) is 0 Å². The minimum atomic E-state index is -0.435. The van der Waals surface area contributed by atoms with Gasteiger partial charge >= 0.3 is 6.20 Å². The molecule has 5 atom stereocenters.